The van der Waals surface area contributed by atoms with E-state index in [4.69, 9.17) is 0 Å². The molecule has 1 aliphatic carbocycles. The van der Waals surface area contributed by atoms with E-state index in [2.05, 4.69) is 57.6 Å². The lowest BCUT2D eigenvalue weighted by Gasteiger charge is -2.05. The largest absolute Gasteiger partial charge is 0.262 e. The van der Waals surface area contributed by atoms with Crippen LogP contribution in [0.4, 0.5) is 0 Å². The molecule has 0 spiro atoms. The maximum atomic E-state index is 4.66. The molecule has 4 rings (SSSR count). The second-order valence-corrected chi connectivity index (χ2v) is 7.62. The van der Waals surface area contributed by atoms with Gasteiger partial charge in [-0.2, -0.15) is 0 Å². The van der Waals surface area contributed by atoms with Crippen LogP contribution in [0.2, 0.25) is 0 Å². The zero-order valence-corrected chi connectivity index (χ0v) is 14.7. The van der Waals surface area contributed by atoms with Gasteiger partial charge in [0.15, 0.2) is 0 Å². The fraction of sp³-hybridized carbons (Fsp3) is 0.400. The van der Waals surface area contributed by atoms with Gasteiger partial charge in [0.25, 0.3) is 0 Å². The highest BCUT2D eigenvalue weighted by Gasteiger charge is 2.15. The normalized spacial score (nSPS) is 15.3. The summed E-state index contributed by atoms with van der Waals surface area (Å²) in [5, 5.41) is 11.0. The third-order valence-corrected chi connectivity index (χ3v) is 5.91. The smallest absolute Gasteiger partial charge is 0.208 e. The Labute approximate surface area is 147 Å². The maximum Gasteiger partial charge on any atom is 0.208 e. The van der Waals surface area contributed by atoms with Crippen LogP contribution in [0.3, 0.4) is 0 Å². The van der Waals surface area contributed by atoms with Gasteiger partial charge in [-0.1, -0.05) is 79.9 Å². The molecule has 1 N–H and O–H groups in total. The average molecular weight is 337 g/mol. The molecule has 3 nitrogen and oxygen atoms in total. The summed E-state index contributed by atoms with van der Waals surface area (Å²) in [4.78, 5) is 4.66. The lowest BCUT2D eigenvalue weighted by Crippen LogP contribution is -1.97. The summed E-state index contributed by atoms with van der Waals surface area (Å²) in [6.07, 6.45) is 7.91. The lowest BCUT2D eigenvalue weighted by molar-refractivity contribution is 0.497. The first-order chi connectivity index (χ1) is 11.9. The molecule has 0 aliphatic heterocycles. The van der Waals surface area contributed by atoms with E-state index in [1.54, 1.807) is 11.8 Å². The zero-order chi connectivity index (χ0) is 16.2. The minimum atomic E-state index is 0.865. The van der Waals surface area contributed by atoms with Crippen LogP contribution in [0.1, 0.15) is 43.5 Å². The quantitative estimate of drug-likeness (QED) is 0.615. The van der Waals surface area contributed by atoms with Crippen LogP contribution in [0, 0.1) is 5.92 Å². The molecule has 0 unspecified atom stereocenters. The van der Waals surface area contributed by atoms with E-state index >= 15 is 0 Å². The minimum absolute atomic E-state index is 0.865. The second-order valence-electron chi connectivity index (χ2n) is 6.68. The minimum Gasteiger partial charge on any atom is -0.262 e. The number of nitrogens with zero attached hydrogens (tertiary/aromatic N) is 2. The van der Waals surface area contributed by atoms with Gasteiger partial charge in [-0.05, 0) is 28.7 Å². The first-order valence-corrected chi connectivity index (χ1v) is 9.88. The molecular weight excluding hydrogens is 314 g/mol. The number of benzene rings is 2. The van der Waals surface area contributed by atoms with Gasteiger partial charge in [0, 0.05) is 12.2 Å². The zero-order valence-electron chi connectivity index (χ0n) is 13.9. The number of hydrogen-bond acceptors (Lipinski definition) is 3. The van der Waals surface area contributed by atoms with E-state index in [-0.39, 0.29) is 0 Å². The highest BCUT2D eigenvalue weighted by atomic mass is 32.2. The summed E-state index contributed by atoms with van der Waals surface area (Å²) in [7, 11) is 0. The number of thioether (sulfide) groups is 1. The van der Waals surface area contributed by atoms with Gasteiger partial charge in [0.05, 0.1) is 0 Å². The number of hydrogen-bond donors (Lipinski definition) is 1. The molecule has 1 aromatic heterocycles. The number of H-pyrrole nitrogens is 1. The Balaban J connectivity index is 1.37. The Hall–Kier alpha value is -1.81. The molecular formula is C20H23N3S. The standard InChI is InChI=1S/C20H23N3S/c1-2-7-15(6-1)12-13-19-21-20(23-22-19)24-14-17-10-5-9-16-8-3-4-11-18(16)17/h3-5,8-11,15H,1-2,6-7,12-14H2,(H,21,22,23). The SMILES string of the molecule is c1ccc2c(CSc3n[nH]c(CCC4CCCC4)n3)cccc2c1. The van der Waals surface area contributed by atoms with Crippen molar-refractivity contribution in [2.24, 2.45) is 5.92 Å². The van der Waals surface area contributed by atoms with E-state index in [0.29, 0.717) is 0 Å². The fourth-order valence-electron chi connectivity index (χ4n) is 3.65. The Morgan fingerprint density at radius 1 is 1.04 bits per heavy atom. The number of aromatic nitrogens is 3. The van der Waals surface area contributed by atoms with Crippen LogP contribution < -0.4 is 0 Å². The van der Waals surface area contributed by atoms with Crippen molar-refractivity contribution in [1.29, 1.82) is 0 Å². The van der Waals surface area contributed by atoms with Crippen molar-refractivity contribution in [3.8, 4) is 0 Å². The van der Waals surface area contributed by atoms with Gasteiger partial charge >= 0.3 is 0 Å². The van der Waals surface area contributed by atoms with E-state index in [1.165, 1.54) is 48.4 Å². The molecule has 0 bridgehead atoms. The predicted molar refractivity (Wildman–Crippen MR) is 100 cm³/mol. The van der Waals surface area contributed by atoms with Gasteiger partial charge in [0.2, 0.25) is 5.16 Å². The molecule has 4 heteroatoms. The van der Waals surface area contributed by atoms with E-state index in [0.717, 1.165) is 29.1 Å². The van der Waals surface area contributed by atoms with Crippen LogP contribution in [0.25, 0.3) is 10.8 Å². The van der Waals surface area contributed by atoms with Crippen molar-refractivity contribution in [3.63, 3.8) is 0 Å². The summed E-state index contributed by atoms with van der Waals surface area (Å²) in [6.45, 7) is 0. The van der Waals surface area contributed by atoms with Crippen molar-refractivity contribution in [2.75, 3.05) is 0 Å². The van der Waals surface area contributed by atoms with Gasteiger partial charge in [-0.15, -0.1) is 5.10 Å². The second kappa shape index (κ2) is 7.39. The van der Waals surface area contributed by atoms with Crippen molar-refractivity contribution in [1.82, 2.24) is 15.2 Å². The van der Waals surface area contributed by atoms with Crippen molar-refractivity contribution >= 4 is 22.5 Å². The Bertz CT molecular complexity index is 800. The van der Waals surface area contributed by atoms with Crippen LogP contribution in [-0.4, -0.2) is 15.2 Å². The van der Waals surface area contributed by atoms with Crippen LogP contribution in [0.5, 0.6) is 0 Å². The summed E-state index contributed by atoms with van der Waals surface area (Å²) < 4.78 is 0. The molecule has 0 saturated heterocycles. The molecule has 1 heterocycles. The summed E-state index contributed by atoms with van der Waals surface area (Å²) in [6, 6.07) is 15.0. The maximum absolute atomic E-state index is 4.66. The Kier molecular flexibility index (Phi) is 4.83. The summed E-state index contributed by atoms with van der Waals surface area (Å²) in [5.74, 6) is 2.85. The van der Waals surface area contributed by atoms with Gasteiger partial charge in [-0.25, -0.2) is 4.98 Å². The highest BCUT2D eigenvalue weighted by molar-refractivity contribution is 7.98. The number of aromatic amines is 1. The monoisotopic (exact) mass is 337 g/mol. The molecule has 1 fully saturated rings. The first kappa shape index (κ1) is 15.7. The fourth-order valence-corrected chi connectivity index (χ4v) is 4.48. The molecule has 0 atom stereocenters. The first-order valence-electron chi connectivity index (χ1n) is 8.89. The summed E-state index contributed by atoms with van der Waals surface area (Å²) in [5.41, 5.74) is 1.34. The molecule has 2 aromatic carbocycles. The third kappa shape index (κ3) is 3.64. The highest BCUT2D eigenvalue weighted by Crippen LogP contribution is 2.29. The number of nitrogens with one attached hydrogen (secondary N) is 1. The molecule has 1 saturated carbocycles. The number of rotatable bonds is 6. The van der Waals surface area contributed by atoms with Crippen molar-refractivity contribution in [2.45, 2.75) is 49.4 Å². The van der Waals surface area contributed by atoms with Crippen molar-refractivity contribution in [3.05, 3.63) is 53.9 Å². The Morgan fingerprint density at radius 3 is 2.79 bits per heavy atom. The van der Waals surface area contributed by atoms with E-state index < -0.39 is 0 Å². The molecule has 3 aromatic rings. The molecule has 0 amide bonds. The molecule has 1 aliphatic rings. The average Bonchev–Trinajstić information content (AvgIpc) is 3.30. The topological polar surface area (TPSA) is 41.6 Å². The van der Waals surface area contributed by atoms with Gasteiger partial charge in [0.1, 0.15) is 5.82 Å². The predicted octanol–water partition coefficient (Wildman–Crippen LogP) is 5.37. The molecule has 24 heavy (non-hydrogen) atoms. The van der Waals surface area contributed by atoms with E-state index in [9.17, 15) is 0 Å². The molecule has 0 radical (unpaired) electrons. The Morgan fingerprint density at radius 2 is 1.88 bits per heavy atom. The lowest BCUT2D eigenvalue weighted by atomic mass is 10.0. The number of fused-ring (bicyclic) bond motifs is 1. The van der Waals surface area contributed by atoms with Crippen LogP contribution in [0.15, 0.2) is 47.6 Å². The van der Waals surface area contributed by atoms with E-state index in [1.807, 2.05) is 0 Å². The van der Waals surface area contributed by atoms with Gasteiger partial charge in [-0.3, -0.25) is 5.10 Å². The number of aryl methyl sites for hydroxylation is 1. The molecule has 124 valence electrons. The van der Waals surface area contributed by atoms with Gasteiger partial charge < -0.3 is 0 Å². The summed E-state index contributed by atoms with van der Waals surface area (Å²) >= 11 is 1.71. The third-order valence-electron chi connectivity index (χ3n) is 5.01. The van der Waals surface area contributed by atoms with Crippen LogP contribution >= 0.6 is 11.8 Å². The van der Waals surface area contributed by atoms with Crippen molar-refractivity contribution < 1.29 is 0 Å². The van der Waals surface area contributed by atoms with Crippen LogP contribution in [-0.2, 0) is 12.2 Å².